The van der Waals surface area contributed by atoms with Gasteiger partial charge in [-0.1, -0.05) is 41.5 Å². The van der Waals surface area contributed by atoms with Crippen LogP contribution in [0.1, 0.15) is 48.5 Å². The lowest BCUT2D eigenvalue weighted by molar-refractivity contribution is 0.112. The molecular weight excluding hydrogens is 204 g/mol. The summed E-state index contributed by atoms with van der Waals surface area (Å²) in [6.45, 7) is 15.8. The molecule has 0 aromatic carbocycles. The van der Waals surface area contributed by atoms with E-state index in [1.807, 2.05) is 0 Å². The molecule has 0 aliphatic rings. The summed E-state index contributed by atoms with van der Waals surface area (Å²) in [5.74, 6) is 0. The SMILES string of the molecule is CC(C)[Si](OC[C@@H](C)O)(C(C)C)C(C)C. The van der Waals surface area contributed by atoms with E-state index in [1.165, 1.54) is 0 Å². The Bertz CT molecular complexity index is 155. The molecule has 0 fully saturated rings. The molecule has 0 aromatic heterocycles. The van der Waals surface area contributed by atoms with Crippen molar-refractivity contribution < 1.29 is 9.53 Å². The number of aliphatic hydroxyl groups excluding tert-OH is 1. The van der Waals surface area contributed by atoms with E-state index in [9.17, 15) is 5.11 Å². The van der Waals surface area contributed by atoms with Crippen molar-refractivity contribution in [2.24, 2.45) is 0 Å². The molecule has 0 heterocycles. The van der Waals surface area contributed by atoms with Crippen LogP contribution in [0.15, 0.2) is 0 Å². The highest BCUT2D eigenvalue weighted by molar-refractivity contribution is 6.77. The Morgan fingerprint density at radius 3 is 1.40 bits per heavy atom. The van der Waals surface area contributed by atoms with E-state index in [1.54, 1.807) is 6.92 Å². The molecule has 1 N–H and O–H groups in total. The largest absolute Gasteiger partial charge is 0.413 e. The van der Waals surface area contributed by atoms with Crippen LogP contribution in [0.2, 0.25) is 16.6 Å². The van der Waals surface area contributed by atoms with Gasteiger partial charge in [0.15, 0.2) is 8.32 Å². The van der Waals surface area contributed by atoms with Crippen molar-refractivity contribution >= 4 is 8.32 Å². The van der Waals surface area contributed by atoms with Crippen molar-refractivity contribution in [1.82, 2.24) is 0 Å². The molecule has 0 radical (unpaired) electrons. The van der Waals surface area contributed by atoms with E-state index in [-0.39, 0.29) is 6.10 Å². The van der Waals surface area contributed by atoms with Crippen LogP contribution in [0.5, 0.6) is 0 Å². The van der Waals surface area contributed by atoms with Gasteiger partial charge >= 0.3 is 0 Å². The van der Waals surface area contributed by atoms with Gasteiger partial charge in [-0.05, 0) is 23.5 Å². The van der Waals surface area contributed by atoms with Crippen molar-refractivity contribution in [3.05, 3.63) is 0 Å². The molecule has 1 atom stereocenters. The highest BCUT2D eigenvalue weighted by Crippen LogP contribution is 2.42. The lowest BCUT2D eigenvalue weighted by Crippen LogP contribution is -2.48. The van der Waals surface area contributed by atoms with Gasteiger partial charge in [-0.3, -0.25) is 0 Å². The first kappa shape index (κ1) is 15.1. The van der Waals surface area contributed by atoms with Crippen LogP contribution in [0.25, 0.3) is 0 Å². The van der Waals surface area contributed by atoms with Gasteiger partial charge in [0.2, 0.25) is 0 Å². The van der Waals surface area contributed by atoms with Crippen molar-refractivity contribution in [3.63, 3.8) is 0 Å². The molecule has 0 saturated carbocycles. The van der Waals surface area contributed by atoms with Crippen molar-refractivity contribution in [1.29, 1.82) is 0 Å². The molecule has 0 aliphatic heterocycles. The van der Waals surface area contributed by atoms with E-state index in [0.29, 0.717) is 23.2 Å². The fourth-order valence-electron chi connectivity index (χ4n) is 2.76. The van der Waals surface area contributed by atoms with Crippen LogP contribution < -0.4 is 0 Å². The van der Waals surface area contributed by atoms with Gasteiger partial charge in [0, 0.05) is 0 Å². The number of aliphatic hydroxyl groups is 1. The lowest BCUT2D eigenvalue weighted by Gasteiger charge is -2.42. The van der Waals surface area contributed by atoms with Crippen LogP contribution in [0, 0.1) is 0 Å². The van der Waals surface area contributed by atoms with Crippen LogP contribution in [0.4, 0.5) is 0 Å². The van der Waals surface area contributed by atoms with Gasteiger partial charge < -0.3 is 9.53 Å². The van der Waals surface area contributed by atoms with Gasteiger partial charge in [-0.2, -0.15) is 0 Å². The molecule has 0 saturated heterocycles. The highest BCUT2D eigenvalue weighted by Gasteiger charge is 2.45. The first-order valence-corrected chi connectivity index (χ1v) is 8.21. The zero-order chi connectivity index (χ0) is 12.2. The van der Waals surface area contributed by atoms with E-state index >= 15 is 0 Å². The zero-order valence-electron chi connectivity index (χ0n) is 11.4. The zero-order valence-corrected chi connectivity index (χ0v) is 12.4. The molecular formula is C12H28O2Si. The summed E-state index contributed by atoms with van der Waals surface area (Å²) in [5, 5.41) is 9.36. The summed E-state index contributed by atoms with van der Waals surface area (Å²) in [5.41, 5.74) is 1.78. The maximum Gasteiger partial charge on any atom is 0.200 e. The van der Waals surface area contributed by atoms with E-state index < -0.39 is 8.32 Å². The molecule has 3 heteroatoms. The monoisotopic (exact) mass is 232 g/mol. The maximum absolute atomic E-state index is 9.36. The minimum absolute atomic E-state index is 0.354. The topological polar surface area (TPSA) is 29.5 Å². The van der Waals surface area contributed by atoms with Gasteiger partial charge in [0.25, 0.3) is 0 Å². The van der Waals surface area contributed by atoms with Gasteiger partial charge in [0.1, 0.15) is 0 Å². The fraction of sp³-hybridized carbons (Fsp3) is 1.00. The number of hydrogen-bond donors (Lipinski definition) is 1. The van der Waals surface area contributed by atoms with Crippen molar-refractivity contribution in [2.75, 3.05) is 6.61 Å². The minimum Gasteiger partial charge on any atom is -0.413 e. The second kappa shape index (κ2) is 6.02. The fourth-order valence-corrected chi connectivity index (χ4v) is 8.29. The molecule has 92 valence electrons. The summed E-state index contributed by atoms with van der Waals surface area (Å²) >= 11 is 0. The van der Waals surface area contributed by atoms with Crippen molar-refractivity contribution in [2.45, 2.75) is 71.2 Å². The quantitative estimate of drug-likeness (QED) is 0.710. The van der Waals surface area contributed by atoms with Crippen LogP contribution in [-0.2, 0) is 4.43 Å². The Kier molecular flexibility index (Phi) is 6.07. The third-order valence-corrected chi connectivity index (χ3v) is 9.36. The predicted octanol–water partition coefficient (Wildman–Crippen LogP) is 3.56. The molecule has 0 aliphatic carbocycles. The molecule has 0 unspecified atom stereocenters. The standard InChI is InChI=1S/C12H28O2Si/c1-9(2)15(10(3)4,11(5)6)14-8-12(7)13/h9-13H,8H2,1-7H3/t12-/m1/s1. The molecule has 15 heavy (non-hydrogen) atoms. The summed E-state index contributed by atoms with van der Waals surface area (Å²) < 4.78 is 6.16. The maximum atomic E-state index is 9.36. The normalized spacial score (nSPS) is 15.4. The highest BCUT2D eigenvalue weighted by atomic mass is 28.4. The number of hydrogen-bond acceptors (Lipinski definition) is 2. The Morgan fingerprint density at radius 1 is 0.867 bits per heavy atom. The van der Waals surface area contributed by atoms with Gasteiger partial charge in [-0.15, -0.1) is 0 Å². The average Bonchev–Trinajstić information content (AvgIpc) is 2.02. The Morgan fingerprint density at radius 2 is 1.20 bits per heavy atom. The second-order valence-electron chi connectivity index (χ2n) is 5.48. The Labute approximate surface area is 96.2 Å². The third kappa shape index (κ3) is 3.57. The Hall–Kier alpha value is 0.137. The summed E-state index contributed by atoms with van der Waals surface area (Å²) in [4.78, 5) is 0. The van der Waals surface area contributed by atoms with Gasteiger partial charge in [-0.25, -0.2) is 0 Å². The lowest BCUT2D eigenvalue weighted by atomic mass is 10.5. The molecule has 0 spiro atoms. The minimum atomic E-state index is -1.75. The third-order valence-electron chi connectivity index (χ3n) is 3.28. The van der Waals surface area contributed by atoms with Crippen molar-refractivity contribution in [3.8, 4) is 0 Å². The van der Waals surface area contributed by atoms with Crippen LogP contribution >= 0.6 is 0 Å². The van der Waals surface area contributed by atoms with E-state index in [4.69, 9.17) is 4.43 Å². The summed E-state index contributed by atoms with van der Waals surface area (Å²) in [6.07, 6.45) is -0.354. The average molecular weight is 232 g/mol. The molecule has 0 aromatic rings. The molecule has 0 bridgehead atoms. The van der Waals surface area contributed by atoms with Crippen LogP contribution in [-0.4, -0.2) is 26.1 Å². The first-order chi connectivity index (χ1) is 6.75. The molecule has 2 nitrogen and oxygen atoms in total. The summed E-state index contributed by atoms with van der Waals surface area (Å²) in [6, 6.07) is 0. The van der Waals surface area contributed by atoms with Crippen LogP contribution in [0.3, 0.4) is 0 Å². The second-order valence-corrected chi connectivity index (χ2v) is 10.9. The summed E-state index contributed by atoms with van der Waals surface area (Å²) in [7, 11) is -1.75. The van der Waals surface area contributed by atoms with E-state index in [0.717, 1.165) is 0 Å². The Balaban J connectivity index is 4.80. The first-order valence-electron chi connectivity index (χ1n) is 6.07. The van der Waals surface area contributed by atoms with E-state index in [2.05, 4.69) is 41.5 Å². The van der Waals surface area contributed by atoms with Gasteiger partial charge in [0.05, 0.1) is 12.7 Å². The molecule has 0 amide bonds. The molecule has 0 rings (SSSR count). The smallest absolute Gasteiger partial charge is 0.200 e. The number of rotatable bonds is 6. The predicted molar refractivity (Wildman–Crippen MR) is 68.7 cm³/mol.